The van der Waals surface area contributed by atoms with E-state index >= 15 is 0 Å². The smallest absolute Gasteiger partial charge is 0.107 e. The van der Waals surface area contributed by atoms with Gasteiger partial charge in [-0.3, -0.25) is 0 Å². The van der Waals surface area contributed by atoms with Crippen molar-refractivity contribution in [1.82, 2.24) is 5.32 Å². The normalized spacial score (nSPS) is 44.0. The molecule has 0 amide bonds. The Morgan fingerprint density at radius 1 is 1.17 bits per heavy atom. The van der Waals surface area contributed by atoms with E-state index < -0.39 is 24.4 Å². The number of hydrogen-bond acceptors (Lipinski definition) is 5. The fraction of sp³-hybridized carbons (Fsp3) is 1.00. The van der Waals surface area contributed by atoms with Crippen molar-refractivity contribution >= 4 is 0 Å². The van der Waals surface area contributed by atoms with Crippen molar-refractivity contribution in [1.29, 1.82) is 0 Å². The summed E-state index contributed by atoms with van der Waals surface area (Å²) in [5.74, 6) is 0. The molecule has 0 unspecified atom stereocenters. The third kappa shape index (κ3) is 1.94. The summed E-state index contributed by atoms with van der Waals surface area (Å²) in [7, 11) is 0. The highest BCUT2D eigenvalue weighted by Gasteiger charge is 2.33. The zero-order valence-electron chi connectivity index (χ0n) is 6.72. The zero-order chi connectivity index (χ0) is 9.14. The van der Waals surface area contributed by atoms with Gasteiger partial charge in [0.05, 0.1) is 24.9 Å². The lowest BCUT2D eigenvalue weighted by Crippen LogP contribution is -2.48. The predicted molar refractivity (Wildman–Crippen MR) is 41.5 cm³/mol. The molecule has 0 spiro atoms. The van der Waals surface area contributed by atoms with E-state index in [1.165, 1.54) is 0 Å². The molecule has 12 heavy (non-hydrogen) atoms. The van der Waals surface area contributed by atoms with Crippen LogP contribution >= 0.6 is 0 Å². The number of nitrogens with one attached hydrogen (secondary N) is 1. The van der Waals surface area contributed by atoms with Crippen LogP contribution in [0.15, 0.2) is 0 Å². The van der Waals surface area contributed by atoms with Crippen molar-refractivity contribution in [3.63, 3.8) is 0 Å². The Morgan fingerprint density at radius 3 is 2.42 bits per heavy atom. The van der Waals surface area contributed by atoms with Crippen LogP contribution in [0.2, 0.25) is 0 Å². The molecule has 5 heteroatoms. The Morgan fingerprint density at radius 2 is 1.83 bits per heavy atom. The number of hydrogen-bond donors (Lipinski definition) is 5. The van der Waals surface area contributed by atoms with E-state index in [4.69, 9.17) is 5.11 Å². The van der Waals surface area contributed by atoms with Crippen LogP contribution < -0.4 is 5.32 Å². The van der Waals surface area contributed by atoms with E-state index in [1.807, 2.05) is 0 Å². The van der Waals surface area contributed by atoms with Crippen LogP contribution in [-0.2, 0) is 0 Å². The second-order valence-electron chi connectivity index (χ2n) is 3.08. The van der Waals surface area contributed by atoms with Crippen molar-refractivity contribution in [2.75, 3.05) is 13.2 Å². The fourth-order valence-electron chi connectivity index (χ4n) is 1.35. The predicted octanol–water partition coefficient (Wildman–Crippen LogP) is -2.58. The molecule has 4 atom stereocenters. The van der Waals surface area contributed by atoms with Crippen LogP contribution in [0.5, 0.6) is 0 Å². The van der Waals surface area contributed by atoms with Crippen LogP contribution in [0.1, 0.15) is 6.42 Å². The van der Waals surface area contributed by atoms with Gasteiger partial charge in [0.1, 0.15) is 6.10 Å². The fourth-order valence-corrected chi connectivity index (χ4v) is 1.35. The topological polar surface area (TPSA) is 93.0 Å². The van der Waals surface area contributed by atoms with Crippen molar-refractivity contribution in [3.05, 3.63) is 0 Å². The van der Waals surface area contributed by atoms with Gasteiger partial charge in [0.2, 0.25) is 0 Å². The molecular weight excluding hydrogens is 162 g/mol. The van der Waals surface area contributed by atoms with Gasteiger partial charge in [-0.25, -0.2) is 0 Å². The molecule has 0 bridgehead atoms. The van der Waals surface area contributed by atoms with Gasteiger partial charge in [-0.2, -0.15) is 0 Å². The molecular formula is C7H15NO4. The molecule has 1 rings (SSSR count). The summed E-state index contributed by atoms with van der Waals surface area (Å²) < 4.78 is 0. The standard InChI is InChI=1S/C7H15NO4/c9-3-4-6(11)7(12)5(10)1-2-8-4/h4-12H,1-3H2/t4-,5+,6-,7-/m1/s1. The molecule has 1 aliphatic rings. The van der Waals surface area contributed by atoms with Crippen LogP contribution in [0.3, 0.4) is 0 Å². The molecule has 0 aromatic carbocycles. The van der Waals surface area contributed by atoms with Crippen molar-refractivity contribution < 1.29 is 20.4 Å². The summed E-state index contributed by atoms with van der Waals surface area (Å²) in [6.07, 6.45) is -2.80. The Kier molecular flexibility index (Phi) is 3.42. The summed E-state index contributed by atoms with van der Waals surface area (Å²) in [6.45, 7) is 0.242. The third-order valence-corrected chi connectivity index (χ3v) is 2.20. The Hall–Kier alpha value is -0.200. The average molecular weight is 177 g/mol. The Bertz CT molecular complexity index is 141. The summed E-state index contributed by atoms with van der Waals surface area (Å²) in [4.78, 5) is 0. The average Bonchev–Trinajstić information content (AvgIpc) is 2.19. The SMILES string of the molecule is OC[C@H]1NCC[C@H](O)[C@@H](O)[C@@H]1O. The highest BCUT2D eigenvalue weighted by Crippen LogP contribution is 2.11. The summed E-state index contributed by atoms with van der Waals surface area (Å²) in [5.41, 5.74) is 0. The molecule has 72 valence electrons. The maximum absolute atomic E-state index is 9.36. The molecule has 1 saturated heterocycles. The van der Waals surface area contributed by atoms with Crippen LogP contribution in [0.4, 0.5) is 0 Å². The molecule has 0 aliphatic carbocycles. The zero-order valence-corrected chi connectivity index (χ0v) is 6.72. The van der Waals surface area contributed by atoms with Crippen molar-refractivity contribution in [2.24, 2.45) is 0 Å². The highest BCUT2D eigenvalue weighted by atomic mass is 16.4. The first kappa shape index (κ1) is 9.88. The lowest BCUT2D eigenvalue weighted by atomic mass is 10.0. The van der Waals surface area contributed by atoms with E-state index in [0.717, 1.165) is 0 Å². The van der Waals surface area contributed by atoms with E-state index in [-0.39, 0.29) is 6.61 Å². The second kappa shape index (κ2) is 4.15. The van der Waals surface area contributed by atoms with Gasteiger partial charge < -0.3 is 25.7 Å². The van der Waals surface area contributed by atoms with E-state index in [2.05, 4.69) is 5.32 Å². The third-order valence-electron chi connectivity index (χ3n) is 2.20. The minimum absolute atomic E-state index is 0.245. The molecule has 5 N–H and O–H groups in total. The van der Waals surface area contributed by atoms with E-state index in [9.17, 15) is 15.3 Å². The summed E-state index contributed by atoms with van der Waals surface area (Å²) in [5, 5.41) is 39.4. The highest BCUT2D eigenvalue weighted by molar-refractivity contribution is 4.88. The van der Waals surface area contributed by atoms with Crippen LogP contribution in [-0.4, -0.2) is 57.9 Å². The molecule has 1 aliphatic heterocycles. The first-order chi connectivity index (χ1) is 5.66. The first-order valence-corrected chi connectivity index (χ1v) is 4.05. The minimum Gasteiger partial charge on any atom is -0.395 e. The first-order valence-electron chi connectivity index (χ1n) is 4.05. The maximum atomic E-state index is 9.36. The van der Waals surface area contributed by atoms with E-state index in [0.29, 0.717) is 13.0 Å². The molecule has 0 saturated carbocycles. The van der Waals surface area contributed by atoms with Gasteiger partial charge >= 0.3 is 0 Å². The Balaban J connectivity index is 2.59. The number of rotatable bonds is 1. The maximum Gasteiger partial charge on any atom is 0.107 e. The van der Waals surface area contributed by atoms with Crippen LogP contribution in [0, 0.1) is 0 Å². The molecule has 1 heterocycles. The second-order valence-corrected chi connectivity index (χ2v) is 3.08. The van der Waals surface area contributed by atoms with Gasteiger partial charge in [-0.05, 0) is 13.0 Å². The Labute approximate surface area is 70.6 Å². The monoisotopic (exact) mass is 177 g/mol. The summed E-state index contributed by atoms with van der Waals surface area (Å²) >= 11 is 0. The van der Waals surface area contributed by atoms with E-state index in [1.54, 1.807) is 0 Å². The molecule has 0 radical (unpaired) electrons. The largest absolute Gasteiger partial charge is 0.395 e. The minimum atomic E-state index is -1.17. The van der Waals surface area contributed by atoms with Gasteiger partial charge in [0.15, 0.2) is 0 Å². The van der Waals surface area contributed by atoms with Gasteiger partial charge in [-0.1, -0.05) is 0 Å². The van der Waals surface area contributed by atoms with Crippen LogP contribution in [0.25, 0.3) is 0 Å². The molecule has 5 nitrogen and oxygen atoms in total. The van der Waals surface area contributed by atoms with Gasteiger partial charge in [-0.15, -0.1) is 0 Å². The quantitative estimate of drug-likeness (QED) is 0.303. The molecule has 0 aromatic rings. The van der Waals surface area contributed by atoms with Gasteiger partial charge in [0.25, 0.3) is 0 Å². The van der Waals surface area contributed by atoms with Gasteiger partial charge in [0, 0.05) is 0 Å². The number of aliphatic hydroxyl groups excluding tert-OH is 4. The lowest BCUT2D eigenvalue weighted by Gasteiger charge is -2.24. The summed E-state index contributed by atoms with van der Waals surface area (Å²) in [6, 6.07) is -0.544. The van der Waals surface area contributed by atoms with Crippen molar-refractivity contribution in [3.8, 4) is 0 Å². The molecule has 0 aromatic heterocycles. The number of aliphatic hydroxyl groups is 4. The van der Waals surface area contributed by atoms with Crippen molar-refractivity contribution in [2.45, 2.75) is 30.8 Å². The molecule has 1 fully saturated rings. The lowest BCUT2D eigenvalue weighted by molar-refractivity contribution is -0.0674.